The Morgan fingerprint density at radius 2 is 1.97 bits per heavy atom. The third-order valence-corrected chi connectivity index (χ3v) is 6.31. The van der Waals surface area contributed by atoms with Crippen molar-refractivity contribution >= 4 is 0 Å². The van der Waals surface area contributed by atoms with Gasteiger partial charge in [-0.05, 0) is 48.4 Å². The van der Waals surface area contributed by atoms with Crippen molar-refractivity contribution in [2.75, 3.05) is 46.6 Å². The molecule has 1 aliphatic heterocycles. The van der Waals surface area contributed by atoms with Gasteiger partial charge in [-0.1, -0.05) is 13.0 Å². The van der Waals surface area contributed by atoms with Crippen molar-refractivity contribution in [2.24, 2.45) is 0 Å². The topological polar surface area (TPSA) is 78.2 Å². The molecule has 2 heterocycles. The minimum atomic E-state index is -1.19. The van der Waals surface area contributed by atoms with Crippen molar-refractivity contribution < 1.29 is 28.4 Å². The summed E-state index contributed by atoms with van der Waals surface area (Å²) in [6.45, 7) is 5.87. The third kappa shape index (κ3) is 7.67. The van der Waals surface area contributed by atoms with Gasteiger partial charge in [0.25, 0.3) is 0 Å². The van der Waals surface area contributed by atoms with Gasteiger partial charge in [-0.2, -0.15) is 0 Å². The van der Waals surface area contributed by atoms with Crippen LogP contribution in [0.4, 0.5) is 4.39 Å². The SMILES string of the molecule is CCc1nccn1CCCOc1cc(CN2CCOC[C@@](O)(COc3ccc(F)cc3)C2)ccc1OC. The molecule has 3 aromatic rings. The Morgan fingerprint density at radius 1 is 1.14 bits per heavy atom. The van der Waals surface area contributed by atoms with Gasteiger partial charge in [0.15, 0.2) is 11.5 Å². The predicted octanol–water partition coefficient (Wildman–Crippen LogP) is 3.70. The molecule has 2 aromatic carbocycles. The predicted molar refractivity (Wildman–Crippen MR) is 138 cm³/mol. The summed E-state index contributed by atoms with van der Waals surface area (Å²) in [7, 11) is 1.63. The molecule has 1 fully saturated rings. The maximum absolute atomic E-state index is 13.2. The lowest BCUT2D eigenvalue weighted by Gasteiger charge is -2.30. The van der Waals surface area contributed by atoms with E-state index in [0.717, 1.165) is 30.8 Å². The van der Waals surface area contributed by atoms with Crippen LogP contribution >= 0.6 is 0 Å². The van der Waals surface area contributed by atoms with E-state index in [9.17, 15) is 9.50 Å². The van der Waals surface area contributed by atoms with Gasteiger partial charge in [0, 0.05) is 45.0 Å². The summed E-state index contributed by atoms with van der Waals surface area (Å²) in [5, 5.41) is 11.2. The number of imidazole rings is 1. The maximum atomic E-state index is 13.2. The summed E-state index contributed by atoms with van der Waals surface area (Å²) in [4.78, 5) is 6.50. The number of hydrogen-bond donors (Lipinski definition) is 1. The minimum Gasteiger partial charge on any atom is -0.493 e. The van der Waals surface area contributed by atoms with Crippen LogP contribution in [-0.4, -0.2) is 71.8 Å². The summed E-state index contributed by atoms with van der Waals surface area (Å²) >= 11 is 0. The minimum absolute atomic E-state index is 0.0444. The maximum Gasteiger partial charge on any atom is 0.161 e. The molecule has 1 aliphatic rings. The van der Waals surface area contributed by atoms with Crippen LogP contribution in [0.5, 0.6) is 17.2 Å². The van der Waals surface area contributed by atoms with Crippen molar-refractivity contribution in [2.45, 2.75) is 38.5 Å². The highest BCUT2D eigenvalue weighted by Crippen LogP contribution is 2.29. The van der Waals surface area contributed by atoms with Crippen LogP contribution in [0.2, 0.25) is 0 Å². The number of rotatable bonds is 12. The molecule has 0 radical (unpaired) electrons. The Bertz CT molecular complexity index is 1120. The number of ether oxygens (including phenoxy) is 4. The first-order valence-corrected chi connectivity index (χ1v) is 12.7. The van der Waals surface area contributed by atoms with Crippen LogP contribution < -0.4 is 14.2 Å². The molecule has 0 bridgehead atoms. The highest BCUT2D eigenvalue weighted by Gasteiger charge is 2.33. The smallest absolute Gasteiger partial charge is 0.161 e. The van der Waals surface area contributed by atoms with Crippen molar-refractivity contribution in [1.29, 1.82) is 0 Å². The van der Waals surface area contributed by atoms with Gasteiger partial charge in [-0.25, -0.2) is 9.37 Å². The molecule has 1 N–H and O–H groups in total. The van der Waals surface area contributed by atoms with Crippen molar-refractivity contribution in [3.8, 4) is 17.2 Å². The van der Waals surface area contributed by atoms with E-state index in [2.05, 4.69) is 21.4 Å². The first-order valence-electron chi connectivity index (χ1n) is 12.7. The molecule has 9 heteroatoms. The number of aryl methyl sites for hydroxylation is 2. The van der Waals surface area contributed by atoms with E-state index in [0.29, 0.717) is 50.1 Å². The van der Waals surface area contributed by atoms with Crippen molar-refractivity contribution in [1.82, 2.24) is 14.5 Å². The summed E-state index contributed by atoms with van der Waals surface area (Å²) < 4.78 is 38.3. The van der Waals surface area contributed by atoms with Crippen LogP contribution in [0.3, 0.4) is 0 Å². The molecule has 4 rings (SSSR count). The second-order valence-corrected chi connectivity index (χ2v) is 9.31. The molecule has 0 unspecified atom stereocenters. The molecule has 1 atom stereocenters. The van der Waals surface area contributed by atoms with Gasteiger partial charge in [-0.3, -0.25) is 4.90 Å². The van der Waals surface area contributed by atoms with Crippen LogP contribution in [0, 0.1) is 5.82 Å². The fraction of sp³-hybridized carbons (Fsp3) is 0.464. The fourth-order valence-corrected chi connectivity index (χ4v) is 4.43. The molecule has 0 aliphatic carbocycles. The van der Waals surface area contributed by atoms with E-state index < -0.39 is 5.60 Å². The molecule has 0 saturated carbocycles. The summed E-state index contributed by atoms with van der Waals surface area (Å²) in [6.07, 6.45) is 5.58. The summed E-state index contributed by atoms with van der Waals surface area (Å²) in [5.74, 6) is 2.62. The zero-order valence-corrected chi connectivity index (χ0v) is 21.6. The normalized spacial score (nSPS) is 18.4. The van der Waals surface area contributed by atoms with Gasteiger partial charge in [0.1, 0.15) is 29.6 Å². The number of nitrogens with zero attached hydrogens (tertiary/aromatic N) is 3. The first-order chi connectivity index (χ1) is 18.0. The zero-order valence-electron chi connectivity index (χ0n) is 21.6. The average molecular weight is 514 g/mol. The summed E-state index contributed by atoms with van der Waals surface area (Å²) in [6, 6.07) is 11.7. The second kappa shape index (κ2) is 12.9. The quantitative estimate of drug-likeness (QED) is 0.370. The number of β-amino-alcohol motifs (C(OH)–C–C–N with tert-alkyl or cyclic N) is 1. The first kappa shape index (κ1) is 26.9. The Balaban J connectivity index is 1.34. The molecule has 1 aromatic heterocycles. The third-order valence-electron chi connectivity index (χ3n) is 6.31. The molecular weight excluding hydrogens is 477 g/mol. The molecule has 37 heavy (non-hydrogen) atoms. The molecule has 0 spiro atoms. The van der Waals surface area contributed by atoms with Gasteiger partial charge >= 0.3 is 0 Å². The largest absolute Gasteiger partial charge is 0.493 e. The van der Waals surface area contributed by atoms with E-state index in [-0.39, 0.29) is 19.0 Å². The standard InChI is InChI=1S/C28H36FN3O5/c1-3-27-30-11-13-32(27)12-4-15-36-26-17-22(5-10-25(26)34-2)18-31-14-16-35-20-28(33,19-31)21-37-24-8-6-23(29)7-9-24/h5-11,13,17,33H,3-4,12,14-16,18-21H2,1-2H3/t28-/m1/s1. The number of halogens is 1. The van der Waals surface area contributed by atoms with E-state index in [4.69, 9.17) is 18.9 Å². The highest BCUT2D eigenvalue weighted by atomic mass is 19.1. The zero-order chi connectivity index (χ0) is 26.1. The highest BCUT2D eigenvalue weighted by molar-refractivity contribution is 5.43. The Labute approximate surface area is 217 Å². The van der Waals surface area contributed by atoms with Crippen LogP contribution in [-0.2, 0) is 24.2 Å². The van der Waals surface area contributed by atoms with Crippen molar-refractivity contribution in [3.63, 3.8) is 0 Å². The lowest BCUT2D eigenvalue weighted by Crippen LogP contribution is -2.48. The molecule has 8 nitrogen and oxygen atoms in total. The van der Waals surface area contributed by atoms with Gasteiger partial charge < -0.3 is 28.6 Å². The lowest BCUT2D eigenvalue weighted by molar-refractivity contribution is -0.0646. The Morgan fingerprint density at radius 3 is 2.76 bits per heavy atom. The van der Waals surface area contributed by atoms with E-state index >= 15 is 0 Å². The monoisotopic (exact) mass is 513 g/mol. The van der Waals surface area contributed by atoms with Gasteiger partial charge in [0.2, 0.25) is 0 Å². The van der Waals surface area contributed by atoms with Crippen molar-refractivity contribution in [3.05, 3.63) is 72.1 Å². The van der Waals surface area contributed by atoms with E-state index in [1.165, 1.54) is 12.1 Å². The van der Waals surface area contributed by atoms with Crippen LogP contribution in [0.15, 0.2) is 54.9 Å². The Kier molecular flexibility index (Phi) is 9.38. The van der Waals surface area contributed by atoms with Gasteiger partial charge in [0.05, 0.1) is 26.9 Å². The number of methoxy groups -OCH3 is 1. The number of benzene rings is 2. The fourth-order valence-electron chi connectivity index (χ4n) is 4.43. The molecule has 200 valence electrons. The number of aliphatic hydroxyl groups is 1. The number of hydrogen-bond acceptors (Lipinski definition) is 7. The van der Waals surface area contributed by atoms with E-state index in [1.54, 1.807) is 19.2 Å². The van der Waals surface area contributed by atoms with Gasteiger partial charge in [-0.15, -0.1) is 0 Å². The average Bonchev–Trinajstić information content (AvgIpc) is 3.28. The Hall–Kier alpha value is -3.14. The molecule has 0 amide bonds. The number of aromatic nitrogens is 2. The summed E-state index contributed by atoms with van der Waals surface area (Å²) in [5.41, 5.74) is -0.149. The second-order valence-electron chi connectivity index (χ2n) is 9.31. The molecular formula is C28H36FN3O5. The van der Waals surface area contributed by atoms with Crippen LogP contribution in [0.1, 0.15) is 24.7 Å². The van der Waals surface area contributed by atoms with E-state index in [1.807, 2.05) is 30.6 Å². The van der Waals surface area contributed by atoms with Crippen LogP contribution in [0.25, 0.3) is 0 Å². The molecule has 1 saturated heterocycles. The lowest BCUT2D eigenvalue weighted by atomic mass is 10.1.